The van der Waals surface area contributed by atoms with Gasteiger partial charge in [0.25, 0.3) is 0 Å². The summed E-state index contributed by atoms with van der Waals surface area (Å²) in [4.78, 5) is 2.21. The third-order valence-corrected chi connectivity index (χ3v) is 5.60. The first-order valence-corrected chi connectivity index (χ1v) is 11.5. The van der Waals surface area contributed by atoms with E-state index < -0.39 is 5.60 Å². The number of hydrogen-bond acceptors (Lipinski definition) is 6. The van der Waals surface area contributed by atoms with E-state index in [1.807, 2.05) is 60.3 Å². The SMILES string of the molecule is Cc1cccc(OCC2(O)COCCN(Cc3cccc(OCCCn4cccn4)c3)C2)c1. The zero-order chi connectivity index (χ0) is 22.9. The minimum Gasteiger partial charge on any atom is -0.494 e. The van der Waals surface area contributed by atoms with Crippen LogP contribution < -0.4 is 9.47 Å². The van der Waals surface area contributed by atoms with Gasteiger partial charge in [0.15, 0.2) is 0 Å². The van der Waals surface area contributed by atoms with E-state index in [2.05, 4.69) is 22.1 Å². The summed E-state index contributed by atoms with van der Waals surface area (Å²) >= 11 is 0. The van der Waals surface area contributed by atoms with Gasteiger partial charge in [0, 0.05) is 45.0 Å². The number of nitrogens with zero attached hydrogens (tertiary/aromatic N) is 3. The van der Waals surface area contributed by atoms with Gasteiger partial charge in [0.1, 0.15) is 23.7 Å². The zero-order valence-electron chi connectivity index (χ0n) is 19.2. The molecule has 0 radical (unpaired) electrons. The average molecular weight is 452 g/mol. The van der Waals surface area contributed by atoms with Crippen molar-refractivity contribution in [2.75, 3.05) is 39.5 Å². The summed E-state index contributed by atoms with van der Waals surface area (Å²) in [5.41, 5.74) is 1.20. The second kappa shape index (κ2) is 11.3. The smallest absolute Gasteiger partial charge is 0.134 e. The zero-order valence-corrected chi connectivity index (χ0v) is 19.2. The van der Waals surface area contributed by atoms with Gasteiger partial charge in [-0.05, 0) is 48.4 Å². The van der Waals surface area contributed by atoms with Gasteiger partial charge in [-0.3, -0.25) is 9.58 Å². The van der Waals surface area contributed by atoms with Crippen LogP contribution in [0.3, 0.4) is 0 Å². The molecule has 0 aliphatic carbocycles. The Hall–Kier alpha value is -2.87. The third-order valence-electron chi connectivity index (χ3n) is 5.60. The van der Waals surface area contributed by atoms with Gasteiger partial charge < -0.3 is 19.3 Å². The molecule has 2 heterocycles. The van der Waals surface area contributed by atoms with Gasteiger partial charge in [-0.2, -0.15) is 5.10 Å². The lowest BCUT2D eigenvalue weighted by Crippen LogP contribution is -2.48. The Kier molecular flexibility index (Phi) is 7.99. The Morgan fingerprint density at radius 3 is 2.76 bits per heavy atom. The molecule has 7 heteroatoms. The maximum absolute atomic E-state index is 11.2. The molecule has 1 saturated heterocycles. The fraction of sp³-hybridized carbons (Fsp3) is 0.423. The van der Waals surface area contributed by atoms with Crippen LogP contribution in [0.25, 0.3) is 0 Å². The van der Waals surface area contributed by atoms with Crippen LogP contribution in [0.2, 0.25) is 0 Å². The fourth-order valence-electron chi connectivity index (χ4n) is 3.98. The van der Waals surface area contributed by atoms with E-state index in [4.69, 9.17) is 14.2 Å². The first-order valence-electron chi connectivity index (χ1n) is 11.5. The lowest BCUT2D eigenvalue weighted by atomic mass is 10.1. The molecule has 1 aromatic heterocycles. The number of ether oxygens (including phenoxy) is 3. The molecule has 3 aromatic rings. The molecule has 4 rings (SSSR count). The van der Waals surface area contributed by atoms with Crippen LogP contribution in [-0.2, 0) is 17.8 Å². The maximum Gasteiger partial charge on any atom is 0.134 e. The topological polar surface area (TPSA) is 69.0 Å². The molecule has 1 fully saturated rings. The van der Waals surface area contributed by atoms with Gasteiger partial charge in [0.05, 0.1) is 19.8 Å². The number of hydrogen-bond donors (Lipinski definition) is 1. The van der Waals surface area contributed by atoms with E-state index in [-0.39, 0.29) is 13.2 Å². The first-order chi connectivity index (χ1) is 16.1. The van der Waals surface area contributed by atoms with Crippen LogP contribution >= 0.6 is 0 Å². The van der Waals surface area contributed by atoms with Crippen LogP contribution in [0.4, 0.5) is 0 Å². The largest absolute Gasteiger partial charge is 0.494 e. The van der Waals surface area contributed by atoms with Crippen molar-refractivity contribution in [3.8, 4) is 11.5 Å². The van der Waals surface area contributed by atoms with Gasteiger partial charge in [-0.25, -0.2) is 0 Å². The van der Waals surface area contributed by atoms with Crippen LogP contribution in [0, 0.1) is 6.92 Å². The summed E-state index contributed by atoms with van der Waals surface area (Å²) in [5.74, 6) is 1.62. The summed E-state index contributed by atoms with van der Waals surface area (Å²) in [6.45, 7) is 6.46. The number of aryl methyl sites for hydroxylation is 2. The quantitative estimate of drug-likeness (QED) is 0.477. The third kappa shape index (κ3) is 7.32. The van der Waals surface area contributed by atoms with Crippen molar-refractivity contribution in [1.82, 2.24) is 14.7 Å². The number of benzene rings is 2. The van der Waals surface area contributed by atoms with Crippen molar-refractivity contribution in [3.05, 3.63) is 78.1 Å². The van der Waals surface area contributed by atoms with Crippen LogP contribution in [-0.4, -0.2) is 64.9 Å². The highest BCUT2D eigenvalue weighted by atomic mass is 16.5. The summed E-state index contributed by atoms with van der Waals surface area (Å²) in [7, 11) is 0. The Morgan fingerprint density at radius 1 is 1.09 bits per heavy atom. The second-order valence-electron chi connectivity index (χ2n) is 8.71. The van der Waals surface area contributed by atoms with E-state index in [0.29, 0.717) is 26.3 Å². The number of rotatable bonds is 10. The van der Waals surface area contributed by atoms with Crippen molar-refractivity contribution in [2.24, 2.45) is 0 Å². The maximum atomic E-state index is 11.2. The average Bonchev–Trinajstić information content (AvgIpc) is 3.25. The number of aliphatic hydroxyl groups is 1. The number of aromatic nitrogens is 2. The Bertz CT molecular complexity index is 995. The summed E-state index contributed by atoms with van der Waals surface area (Å²) < 4.78 is 19.5. The molecule has 2 aromatic carbocycles. The molecule has 176 valence electrons. The monoisotopic (exact) mass is 451 g/mol. The second-order valence-corrected chi connectivity index (χ2v) is 8.71. The highest BCUT2D eigenvalue weighted by molar-refractivity contribution is 5.29. The standard InChI is InChI=1S/C26H33N3O4/c1-22-6-2-8-24(16-22)33-21-26(30)19-28(13-15-31-20-26)18-23-7-3-9-25(17-23)32-14-5-12-29-11-4-10-27-29/h2-4,6-11,16-17,30H,5,12-15,18-21H2,1H3. The fourth-order valence-corrected chi connectivity index (χ4v) is 3.98. The summed E-state index contributed by atoms with van der Waals surface area (Å²) in [6.07, 6.45) is 4.63. The molecule has 1 atom stereocenters. The predicted octanol–water partition coefficient (Wildman–Crippen LogP) is 3.30. The highest BCUT2D eigenvalue weighted by Gasteiger charge is 2.33. The summed E-state index contributed by atoms with van der Waals surface area (Å²) in [5, 5.41) is 15.4. The van der Waals surface area contributed by atoms with Crippen molar-refractivity contribution in [3.63, 3.8) is 0 Å². The Balaban J connectivity index is 1.29. The van der Waals surface area contributed by atoms with Crippen LogP contribution in [0.1, 0.15) is 17.5 Å². The Labute approximate surface area is 195 Å². The normalized spacial score (nSPS) is 19.2. The molecule has 1 aliphatic heterocycles. The number of β-amino-alcohol motifs (C(OH)–C–C–N with tert-alkyl or cyclic N) is 1. The minimum absolute atomic E-state index is 0.187. The van der Waals surface area contributed by atoms with Crippen molar-refractivity contribution in [2.45, 2.75) is 32.0 Å². The Morgan fingerprint density at radius 2 is 1.94 bits per heavy atom. The molecular weight excluding hydrogens is 418 g/mol. The van der Waals surface area contributed by atoms with E-state index in [1.165, 1.54) is 0 Å². The lowest BCUT2D eigenvalue weighted by molar-refractivity contribution is -0.0646. The van der Waals surface area contributed by atoms with Crippen LogP contribution in [0.5, 0.6) is 11.5 Å². The van der Waals surface area contributed by atoms with E-state index in [1.54, 1.807) is 6.20 Å². The first kappa shape index (κ1) is 23.3. The molecule has 1 N–H and O–H groups in total. The molecule has 33 heavy (non-hydrogen) atoms. The van der Waals surface area contributed by atoms with E-state index in [0.717, 1.165) is 42.1 Å². The molecule has 0 saturated carbocycles. The lowest BCUT2D eigenvalue weighted by Gasteiger charge is -2.30. The molecule has 0 amide bonds. The van der Waals surface area contributed by atoms with Gasteiger partial charge in [-0.1, -0.05) is 24.3 Å². The van der Waals surface area contributed by atoms with E-state index >= 15 is 0 Å². The molecule has 1 aliphatic rings. The van der Waals surface area contributed by atoms with Crippen LogP contribution in [0.15, 0.2) is 67.0 Å². The molecule has 0 spiro atoms. The minimum atomic E-state index is -1.07. The molecular formula is C26H33N3O4. The van der Waals surface area contributed by atoms with Gasteiger partial charge in [0.2, 0.25) is 0 Å². The molecule has 7 nitrogen and oxygen atoms in total. The van der Waals surface area contributed by atoms with Crippen molar-refractivity contribution < 1.29 is 19.3 Å². The predicted molar refractivity (Wildman–Crippen MR) is 127 cm³/mol. The van der Waals surface area contributed by atoms with Crippen molar-refractivity contribution >= 4 is 0 Å². The van der Waals surface area contributed by atoms with E-state index in [9.17, 15) is 5.11 Å². The van der Waals surface area contributed by atoms with Gasteiger partial charge in [-0.15, -0.1) is 0 Å². The molecule has 0 bridgehead atoms. The molecule has 1 unspecified atom stereocenters. The summed E-state index contributed by atoms with van der Waals surface area (Å²) in [6, 6.07) is 17.9. The van der Waals surface area contributed by atoms with Gasteiger partial charge >= 0.3 is 0 Å². The highest BCUT2D eigenvalue weighted by Crippen LogP contribution is 2.20. The van der Waals surface area contributed by atoms with Crippen molar-refractivity contribution in [1.29, 1.82) is 0 Å².